The van der Waals surface area contributed by atoms with Crippen molar-refractivity contribution in [3.8, 4) is 0 Å². The van der Waals surface area contributed by atoms with Crippen molar-refractivity contribution in [2.45, 2.75) is 44.9 Å². The predicted molar refractivity (Wildman–Crippen MR) is 99.5 cm³/mol. The number of carbonyl (C=O) groups excluding carboxylic acids is 2. The number of carbonyl (C=O) groups is 2. The van der Waals surface area contributed by atoms with Gasteiger partial charge in [-0.25, -0.2) is 0 Å². The lowest BCUT2D eigenvalue weighted by atomic mass is 9.87. The maximum atomic E-state index is 12.3. The third-order valence-electron chi connectivity index (χ3n) is 4.54. The Morgan fingerprint density at radius 1 is 1.12 bits per heavy atom. The van der Waals surface area contributed by atoms with Gasteiger partial charge < -0.3 is 9.84 Å². The SMILES string of the molecule is CC(C)(C)c1ccc(C(=O)NNC2=CC(=O)C[C@H](c3ccco3)C2)cc1. The molecule has 1 amide bonds. The van der Waals surface area contributed by atoms with Crippen molar-refractivity contribution < 1.29 is 14.0 Å². The molecular weight excluding hydrogens is 328 g/mol. The molecule has 1 aromatic carbocycles. The zero-order valence-electron chi connectivity index (χ0n) is 15.3. The van der Waals surface area contributed by atoms with Gasteiger partial charge in [0, 0.05) is 29.7 Å². The van der Waals surface area contributed by atoms with Crippen LogP contribution in [0.3, 0.4) is 0 Å². The fraction of sp³-hybridized carbons (Fsp3) is 0.333. The summed E-state index contributed by atoms with van der Waals surface area (Å²) in [6.45, 7) is 6.39. The summed E-state index contributed by atoms with van der Waals surface area (Å²) in [6, 6.07) is 11.2. The van der Waals surface area contributed by atoms with E-state index in [0.717, 1.165) is 5.76 Å². The summed E-state index contributed by atoms with van der Waals surface area (Å²) in [5, 5.41) is 0. The van der Waals surface area contributed by atoms with E-state index in [0.29, 0.717) is 24.1 Å². The molecule has 0 fully saturated rings. The molecule has 2 aromatic rings. The molecule has 2 N–H and O–H groups in total. The summed E-state index contributed by atoms with van der Waals surface area (Å²) in [5.41, 5.74) is 8.02. The number of hydrogen-bond donors (Lipinski definition) is 2. The Kier molecular flexibility index (Phi) is 4.98. The molecule has 0 radical (unpaired) electrons. The Labute approximate surface area is 153 Å². The number of hydrogen-bond acceptors (Lipinski definition) is 4. The highest BCUT2D eigenvalue weighted by Crippen LogP contribution is 2.30. The van der Waals surface area contributed by atoms with Crippen molar-refractivity contribution in [1.29, 1.82) is 0 Å². The molecule has 1 aromatic heterocycles. The van der Waals surface area contributed by atoms with Gasteiger partial charge in [-0.2, -0.15) is 0 Å². The Morgan fingerprint density at radius 3 is 2.46 bits per heavy atom. The van der Waals surface area contributed by atoms with Gasteiger partial charge in [0.25, 0.3) is 5.91 Å². The van der Waals surface area contributed by atoms with Crippen LogP contribution < -0.4 is 10.9 Å². The van der Waals surface area contributed by atoms with Gasteiger partial charge in [-0.05, 0) is 41.7 Å². The number of rotatable bonds is 4. The lowest BCUT2D eigenvalue weighted by molar-refractivity contribution is -0.115. The molecule has 0 unspecified atom stereocenters. The number of amides is 1. The van der Waals surface area contributed by atoms with E-state index < -0.39 is 0 Å². The summed E-state index contributed by atoms with van der Waals surface area (Å²) in [5.74, 6) is 0.561. The fourth-order valence-corrected chi connectivity index (χ4v) is 3.04. The molecule has 1 heterocycles. The van der Waals surface area contributed by atoms with Crippen LogP contribution in [0.1, 0.15) is 61.2 Å². The largest absolute Gasteiger partial charge is 0.469 e. The van der Waals surface area contributed by atoms with Crippen LogP contribution in [0, 0.1) is 0 Å². The van der Waals surface area contributed by atoms with Gasteiger partial charge in [0.15, 0.2) is 5.78 Å². The van der Waals surface area contributed by atoms with Gasteiger partial charge >= 0.3 is 0 Å². The van der Waals surface area contributed by atoms with E-state index >= 15 is 0 Å². The topological polar surface area (TPSA) is 71.3 Å². The summed E-state index contributed by atoms with van der Waals surface area (Å²) < 4.78 is 5.41. The van der Waals surface area contributed by atoms with Crippen molar-refractivity contribution in [2.75, 3.05) is 0 Å². The summed E-state index contributed by atoms with van der Waals surface area (Å²) >= 11 is 0. The molecule has 5 nitrogen and oxygen atoms in total. The van der Waals surface area contributed by atoms with E-state index in [2.05, 4.69) is 31.6 Å². The first kappa shape index (κ1) is 18.0. The van der Waals surface area contributed by atoms with E-state index in [9.17, 15) is 9.59 Å². The first-order valence-electron chi connectivity index (χ1n) is 8.76. The van der Waals surface area contributed by atoms with E-state index in [1.807, 2.05) is 36.4 Å². The molecule has 1 aliphatic carbocycles. The second-order valence-electron chi connectivity index (χ2n) is 7.66. The lowest BCUT2D eigenvalue weighted by Gasteiger charge is -2.22. The number of allylic oxidation sites excluding steroid dienone is 2. The monoisotopic (exact) mass is 352 g/mol. The molecule has 0 bridgehead atoms. The highest BCUT2D eigenvalue weighted by Gasteiger charge is 2.24. The predicted octanol–water partition coefficient (Wildman–Crippen LogP) is 3.84. The van der Waals surface area contributed by atoms with Gasteiger partial charge in [0.2, 0.25) is 0 Å². The van der Waals surface area contributed by atoms with Crippen LogP contribution in [0.4, 0.5) is 0 Å². The first-order chi connectivity index (χ1) is 12.3. The highest BCUT2D eigenvalue weighted by atomic mass is 16.3. The second-order valence-corrected chi connectivity index (χ2v) is 7.66. The van der Waals surface area contributed by atoms with E-state index in [1.54, 1.807) is 12.3 Å². The standard InChI is InChI=1S/C21H24N2O3/c1-21(2,3)16-8-6-14(7-9-16)20(25)23-22-17-11-15(12-18(24)13-17)19-5-4-10-26-19/h4-10,13,15,22H,11-12H2,1-3H3,(H,23,25)/t15-/m1/s1. The minimum atomic E-state index is -0.237. The zero-order valence-corrected chi connectivity index (χ0v) is 15.3. The Morgan fingerprint density at radius 2 is 1.85 bits per heavy atom. The average molecular weight is 352 g/mol. The molecule has 136 valence electrons. The third-order valence-corrected chi connectivity index (χ3v) is 4.54. The molecule has 0 spiro atoms. The molecular formula is C21H24N2O3. The van der Waals surface area contributed by atoms with Crippen LogP contribution in [0.2, 0.25) is 0 Å². The smallest absolute Gasteiger partial charge is 0.269 e. The minimum absolute atomic E-state index is 0.00651. The molecule has 3 rings (SSSR count). The number of hydrazine groups is 1. The van der Waals surface area contributed by atoms with Crippen molar-refractivity contribution in [3.63, 3.8) is 0 Å². The van der Waals surface area contributed by atoms with Gasteiger partial charge in [-0.15, -0.1) is 0 Å². The maximum absolute atomic E-state index is 12.3. The highest BCUT2D eigenvalue weighted by molar-refractivity contribution is 5.94. The Bertz CT molecular complexity index is 812. The normalized spacial score (nSPS) is 17.6. The Hall–Kier alpha value is -2.82. The van der Waals surface area contributed by atoms with Crippen LogP contribution in [0.25, 0.3) is 0 Å². The molecule has 0 saturated heterocycles. The fourth-order valence-electron chi connectivity index (χ4n) is 3.04. The van der Waals surface area contributed by atoms with Crippen molar-refractivity contribution in [2.24, 2.45) is 0 Å². The van der Waals surface area contributed by atoms with Gasteiger partial charge in [0.1, 0.15) is 5.76 Å². The summed E-state index contributed by atoms with van der Waals surface area (Å²) in [4.78, 5) is 24.3. The number of ketones is 1. The minimum Gasteiger partial charge on any atom is -0.469 e. The summed E-state index contributed by atoms with van der Waals surface area (Å²) in [7, 11) is 0. The molecule has 1 aliphatic rings. The van der Waals surface area contributed by atoms with E-state index in [4.69, 9.17) is 4.42 Å². The number of benzene rings is 1. The summed E-state index contributed by atoms with van der Waals surface area (Å²) in [6.07, 6.45) is 4.18. The van der Waals surface area contributed by atoms with Crippen LogP contribution in [0.5, 0.6) is 0 Å². The molecule has 5 heteroatoms. The van der Waals surface area contributed by atoms with Gasteiger partial charge in [-0.1, -0.05) is 32.9 Å². The number of furan rings is 1. The van der Waals surface area contributed by atoms with Crippen molar-refractivity contribution in [3.05, 3.63) is 71.3 Å². The maximum Gasteiger partial charge on any atom is 0.269 e. The first-order valence-corrected chi connectivity index (χ1v) is 8.76. The van der Waals surface area contributed by atoms with E-state index in [1.165, 1.54) is 5.56 Å². The Balaban J connectivity index is 1.61. The van der Waals surface area contributed by atoms with Crippen molar-refractivity contribution in [1.82, 2.24) is 10.9 Å². The van der Waals surface area contributed by atoms with Crippen molar-refractivity contribution >= 4 is 11.7 Å². The third kappa shape index (κ3) is 4.23. The molecule has 0 saturated carbocycles. The molecule has 26 heavy (non-hydrogen) atoms. The quantitative estimate of drug-likeness (QED) is 0.820. The average Bonchev–Trinajstić information content (AvgIpc) is 3.13. The number of nitrogens with one attached hydrogen (secondary N) is 2. The van der Waals surface area contributed by atoms with Crippen LogP contribution in [-0.4, -0.2) is 11.7 Å². The van der Waals surface area contributed by atoms with Crippen LogP contribution in [-0.2, 0) is 10.2 Å². The van der Waals surface area contributed by atoms with Gasteiger partial charge in [-0.3, -0.25) is 15.0 Å². The lowest BCUT2D eigenvalue weighted by Crippen LogP contribution is -2.38. The molecule has 1 atom stereocenters. The van der Waals surface area contributed by atoms with E-state index in [-0.39, 0.29) is 23.0 Å². The van der Waals surface area contributed by atoms with Crippen LogP contribution >= 0.6 is 0 Å². The van der Waals surface area contributed by atoms with Gasteiger partial charge in [0.05, 0.1) is 6.26 Å². The zero-order chi connectivity index (χ0) is 18.7. The van der Waals surface area contributed by atoms with Crippen LogP contribution in [0.15, 0.2) is 58.9 Å². The molecule has 0 aliphatic heterocycles. The second kappa shape index (κ2) is 7.20.